The first-order valence-electron chi connectivity index (χ1n) is 4.65. The lowest BCUT2D eigenvalue weighted by atomic mass is 10.2. The molecule has 0 amide bonds. The molecule has 0 aliphatic rings. The molecule has 0 aliphatic heterocycles. The highest BCUT2D eigenvalue weighted by Crippen LogP contribution is 2.05. The Labute approximate surface area is 84.7 Å². The van der Waals surface area contributed by atoms with E-state index in [1.807, 2.05) is 21.1 Å². The molecule has 0 rings (SSSR count). The van der Waals surface area contributed by atoms with Crippen LogP contribution in [0.3, 0.4) is 0 Å². The van der Waals surface area contributed by atoms with Crippen LogP contribution in [0, 0.1) is 0 Å². The van der Waals surface area contributed by atoms with Crippen molar-refractivity contribution < 1.29 is 24.2 Å². The van der Waals surface area contributed by atoms with Crippen molar-refractivity contribution in [2.24, 2.45) is 0 Å². The van der Waals surface area contributed by atoms with E-state index in [1.54, 1.807) is 6.92 Å². The Hall–Kier alpha value is -0.650. The zero-order valence-corrected chi connectivity index (χ0v) is 9.32. The maximum atomic E-state index is 10.5. The van der Waals surface area contributed by atoms with Crippen LogP contribution in [0.5, 0.6) is 0 Å². The number of quaternary nitrogens is 1. The Morgan fingerprint density at radius 2 is 2.00 bits per heavy atom. The molecule has 0 bridgehead atoms. The van der Waals surface area contributed by atoms with Crippen molar-refractivity contribution in [3.8, 4) is 0 Å². The molecule has 0 heterocycles. The van der Waals surface area contributed by atoms with E-state index in [9.17, 15) is 4.79 Å². The zero-order valence-electron chi connectivity index (χ0n) is 9.32. The van der Waals surface area contributed by atoms with Crippen molar-refractivity contribution in [3.63, 3.8) is 0 Å². The van der Waals surface area contributed by atoms with E-state index in [2.05, 4.69) is 0 Å². The van der Waals surface area contributed by atoms with Gasteiger partial charge in [-0.15, -0.1) is 0 Å². The Balaban J connectivity index is 4.03. The number of hydrogen-bond acceptors (Lipinski definition) is 3. The molecule has 0 spiro atoms. The number of nitrogens with zero attached hydrogens (tertiary/aromatic N) is 1. The molecular weight excluding hydrogens is 186 g/mol. The lowest BCUT2D eigenvalue weighted by molar-refractivity contribution is -0.875. The molecular formula is C9H20NO4+. The highest BCUT2D eigenvalue weighted by molar-refractivity contribution is 5.67. The Bertz CT molecular complexity index is 176. The summed E-state index contributed by atoms with van der Waals surface area (Å²) in [6.45, 7) is 2.82. The lowest BCUT2D eigenvalue weighted by Gasteiger charge is -2.27. The van der Waals surface area contributed by atoms with E-state index < -0.39 is 12.1 Å². The van der Waals surface area contributed by atoms with Gasteiger partial charge < -0.3 is 9.59 Å². The fourth-order valence-electron chi connectivity index (χ4n) is 1.10. The van der Waals surface area contributed by atoms with Gasteiger partial charge in [0, 0.05) is 0 Å². The molecule has 0 saturated heterocycles. The van der Waals surface area contributed by atoms with Crippen LogP contribution in [0.2, 0.25) is 0 Å². The molecule has 1 N–H and O–H groups in total. The molecule has 0 unspecified atom stereocenters. The van der Waals surface area contributed by atoms with E-state index in [0.29, 0.717) is 17.6 Å². The quantitative estimate of drug-likeness (QED) is 0.374. The Morgan fingerprint density at radius 3 is 2.36 bits per heavy atom. The first-order chi connectivity index (χ1) is 6.35. The van der Waals surface area contributed by atoms with Crippen LogP contribution in [-0.2, 0) is 14.6 Å². The molecule has 0 aliphatic carbocycles. The Morgan fingerprint density at radius 1 is 1.43 bits per heavy atom. The third-order valence-corrected chi connectivity index (χ3v) is 1.48. The van der Waals surface area contributed by atoms with Gasteiger partial charge >= 0.3 is 5.97 Å². The maximum Gasteiger partial charge on any atom is 0.306 e. The van der Waals surface area contributed by atoms with E-state index in [-0.39, 0.29) is 6.42 Å². The van der Waals surface area contributed by atoms with E-state index in [4.69, 9.17) is 14.9 Å². The number of hydrogen-bond donors (Lipinski definition) is 1. The molecule has 0 radical (unpaired) electrons. The second kappa shape index (κ2) is 5.95. The van der Waals surface area contributed by atoms with Gasteiger partial charge in [-0.05, 0) is 6.92 Å². The minimum atomic E-state index is -0.872. The van der Waals surface area contributed by atoms with Crippen molar-refractivity contribution in [3.05, 3.63) is 0 Å². The predicted molar refractivity (Wildman–Crippen MR) is 51.7 cm³/mol. The summed E-state index contributed by atoms with van der Waals surface area (Å²) in [5, 5.41) is 8.64. The molecule has 84 valence electrons. The number of likely N-dealkylation sites (N-methyl/N-ethyl adjacent to an activating group) is 1. The number of aliphatic carboxylic acids is 1. The third-order valence-electron chi connectivity index (χ3n) is 1.48. The van der Waals surface area contributed by atoms with Gasteiger partial charge in [0.1, 0.15) is 6.54 Å². The lowest BCUT2D eigenvalue weighted by Crippen LogP contribution is -2.43. The van der Waals surface area contributed by atoms with Crippen LogP contribution >= 0.6 is 0 Å². The summed E-state index contributed by atoms with van der Waals surface area (Å²) in [7, 11) is 5.93. The third kappa shape index (κ3) is 7.97. The van der Waals surface area contributed by atoms with Gasteiger partial charge in [0.2, 0.25) is 0 Å². The Kier molecular flexibility index (Phi) is 5.68. The summed E-state index contributed by atoms with van der Waals surface area (Å²) in [6, 6.07) is 0. The molecule has 0 aromatic carbocycles. The van der Waals surface area contributed by atoms with Crippen molar-refractivity contribution in [2.45, 2.75) is 19.4 Å². The van der Waals surface area contributed by atoms with Gasteiger partial charge in [-0.25, -0.2) is 9.78 Å². The fourth-order valence-corrected chi connectivity index (χ4v) is 1.10. The van der Waals surface area contributed by atoms with Gasteiger partial charge in [-0.3, -0.25) is 4.79 Å². The fraction of sp³-hybridized carbons (Fsp3) is 0.889. The number of carboxylic acids is 1. The normalized spacial score (nSPS) is 14.0. The van der Waals surface area contributed by atoms with Gasteiger partial charge in [0.25, 0.3) is 0 Å². The largest absolute Gasteiger partial charge is 0.481 e. The number of carboxylic acid groups (broad SMARTS) is 1. The van der Waals surface area contributed by atoms with Crippen LogP contribution in [0.15, 0.2) is 0 Å². The molecule has 5 heteroatoms. The van der Waals surface area contributed by atoms with E-state index in [0.717, 1.165) is 0 Å². The highest BCUT2D eigenvalue weighted by Gasteiger charge is 2.22. The van der Waals surface area contributed by atoms with Gasteiger partial charge in [-0.1, -0.05) is 0 Å². The minimum absolute atomic E-state index is 0.0322. The number of carbonyl (C=O) groups is 1. The van der Waals surface area contributed by atoms with Crippen LogP contribution in [0.1, 0.15) is 13.3 Å². The maximum absolute atomic E-state index is 10.5. The molecule has 1 atom stereocenters. The van der Waals surface area contributed by atoms with Gasteiger partial charge in [0.05, 0.1) is 34.2 Å². The monoisotopic (exact) mass is 206 g/mol. The summed E-state index contributed by atoms with van der Waals surface area (Å²) in [6.07, 6.45) is -0.428. The van der Waals surface area contributed by atoms with Crippen LogP contribution < -0.4 is 0 Å². The van der Waals surface area contributed by atoms with Crippen LogP contribution in [-0.4, -0.2) is 56.0 Å². The predicted octanol–water partition coefficient (Wildman–Crippen LogP) is 0.504. The standard InChI is InChI=1S/C9H19NO4/c1-5-13-14-8(6-9(11)12)7-10(2,3)4/h8H,5-7H2,1-4H3/p+1/t8-/m1/s1. The number of rotatable bonds is 7. The second-order valence-electron chi connectivity index (χ2n) is 4.20. The SMILES string of the molecule is CCOO[C@H](CC(=O)O)C[N+](C)(C)C. The average molecular weight is 206 g/mol. The van der Waals surface area contributed by atoms with Crippen molar-refractivity contribution in [1.29, 1.82) is 0 Å². The van der Waals surface area contributed by atoms with Crippen molar-refractivity contribution >= 4 is 5.97 Å². The summed E-state index contributed by atoms with van der Waals surface area (Å²) in [5.74, 6) is -0.872. The molecule has 5 nitrogen and oxygen atoms in total. The topological polar surface area (TPSA) is 55.8 Å². The summed E-state index contributed by atoms with van der Waals surface area (Å²) < 4.78 is 0.644. The van der Waals surface area contributed by atoms with E-state index in [1.165, 1.54) is 0 Å². The molecule has 0 aromatic heterocycles. The first kappa shape index (κ1) is 13.4. The molecule has 14 heavy (non-hydrogen) atoms. The van der Waals surface area contributed by atoms with Gasteiger partial charge in [0.15, 0.2) is 6.10 Å². The summed E-state index contributed by atoms with van der Waals surface area (Å²) >= 11 is 0. The zero-order chi connectivity index (χ0) is 11.2. The smallest absolute Gasteiger partial charge is 0.306 e. The minimum Gasteiger partial charge on any atom is -0.481 e. The average Bonchev–Trinajstić information content (AvgIpc) is 1.96. The van der Waals surface area contributed by atoms with E-state index >= 15 is 0 Å². The van der Waals surface area contributed by atoms with Gasteiger partial charge in [-0.2, -0.15) is 0 Å². The molecule has 0 aromatic rings. The second-order valence-corrected chi connectivity index (χ2v) is 4.20. The highest BCUT2D eigenvalue weighted by atomic mass is 17.2. The summed E-state index contributed by atoms with van der Waals surface area (Å²) in [5.41, 5.74) is 0. The molecule has 0 fully saturated rings. The summed E-state index contributed by atoms with van der Waals surface area (Å²) in [4.78, 5) is 20.3. The van der Waals surface area contributed by atoms with Crippen LogP contribution in [0.25, 0.3) is 0 Å². The van der Waals surface area contributed by atoms with Crippen molar-refractivity contribution in [2.75, 3.05) is 34.3 Å². The molecule has 0 saturated carbocycles. The van der Waals surface area contributed by atoms with Crippen molar-refractivity contribution in [1.82, 2.24) is 0 Å². The van der Waals surface area contributed by atoms with Crippen LogP contribution in [0.4, 0.5) is 0 Å². The first-order valence-corrected chi connectivity index (χ1v) is 4.65.